The second kappa shape index (κ2) is 9.07. The monoisotopic (exact) mass is 458 g/mol. The number of rotatable bonds is 6. The van der Waals surface area contributed by atoms with Crippen LogP contribution in [0.4, 0.5) is 5.69 Å². The molecule has 10 heteroatoms. The molecule has 1 unspecified atom stereocenters. The predicted molar refractivity (Wildman–Crippen MR) is 121 cm³/mol. The van der Waals surface area contributed by atoms with E-state index in [9.17, 15) is 13.2 Å². The number of carbonyl (C=O) groups is 1. The molecule has 0 bridgehead atoms. The summed E-state index contributed by atoms with van der Waals surface area (Å²) in [5.41, 5.74) is 7.60. The van der Waals surface area contributed by atoms with Gasteiger partial charge in [-0.2, -0.15) is 8.42 Å². The number of piperidine rings is 1. The number of fused-ring (bicyclic) bond motifs is 1. The van der Waals surface area contributed by atoms with Gasteiger partial charge in [0.25, 0.3) is 0 Å². The van der Waals surface area contributed by atoms with Crippen LogP contribution in [0, 0.1) is 5.92 Å². The molecule has 2 aromatic carbocycles. The third-order valence-electron chi connectivity index (χ3n) is 5.60. The molecule has 3 N–H and O–H groups in total. The Hall–Kier alpha value is -3.27. The summed E-state index contributed by atoms with van der Waals surface area (Å²) in [5.74, 6) is 1.38. The van der Waals surface area contributed by atoms with E-state index >= 15 is 0 Å². The Kier molecular flexibility index (Phi) is 6.22. The van der Waals surface area contributed by atoms with E-state index in [0.29, 0.717) is 36.6 Å². The summed E-state index contributed by atoms with van der Waals surface area (Å²) in [5, 5.41) is 0. The van der Waals surface area contributed by atoms with Crippen molar-refractivity contribution < 1.29 is 22.7 Å². The Balaban J connectivity index is 1.37. The summed E-state index contributed by atoms with van der Waals surface area (Å²) in [6.45, 7) is 1.73. The van der Waals surface area contributed by atoms with Crippen LogP contribution in [0.25, 0.3) is 0 Å². The number of benzene rings is 2. The van der Waals surface area contributed by atoms with E-state index < -0.39 is 10.2 Å². The van der Waals surface area contributed by atoms with Gasteiger partial charge in [-0.3, -0.25) is 9.52 Å². The largest absolute Gasteiger partial charge is 0.497 e. The molecule has 2 aromatic rings. The first-order valence-corrected chi connectivity index (χ1v) is 11.8. The molecular formula is C22H26N4O5S. The van der Waals surface area contributed by atoms with Crippen LogP contribution in [-0.4, -0.2) is 51.9 Å². The fourth-order valence-electron chi connectivity index (χ4n) is 4.00. The Bertz CT molecular complexity index is 1130. The Morgan fingerprint density at radius 3 is 2.78 bits per heavy atom. The van der Waals surface area contributed by atoms with Crippen molar-refractivity contribution in [1.82, 2.24) is 4.90 Å². The van der Waals surface area contributed by atoms with Gasteiger partial charge in [0.05, 0.1) is 31.4 Å². The molecule has 0 spiro atoms. The average Bonchev–Trinajstić information content (AvgIpc) is 2.77. The highest BCUT2D eigenvalue weighted by atomic mass is 32.2. The summed E-state index contributed by atoms with van der Waals surface area (Å²) in [4.78, 5) is 14.7. The van der Waals surface area contributed by atoms with Crippen LogP contribution in [0.15, 0.2) is 46.9 Å². The molecule has 0 aliphatic carbocycles. The van der Waals surface area contributed by atoms with Crippen molar-refractivity contribution in [3.63, 3.8) is 0 Å². The van der Waals surface area contributed by atoms with Crippen LogP contribution in [0.1, 0.15) is 24.0 Å². The third-order valence-corrected chi connectivity index (χ3v) is 6.52. The van der Waals surface area contributed by atoms with Crippen LogP contribution in [0.3, 0.4) is 0 Å². The average molecular weight is 459 g/mol. The number of hydrogen-bond donors (Lipinski definition) is 2. The molecule has 4 rings (SSSR count). The smallest absolute Gasteiger partial charge is 0.344 e. The highest BCUT2D eigenvalue weighted by Crippen LogP contribution is 2.31. The normalized spacial score (nSPS) is 19.3. The van der Waals surface area contributed by atoms with Crippen LogP contribution in [-0.2, 0) is 21.4 Å². The topological polar surface area (TPSA) is 123 Å². The van der Waals surface area contributed by atoms with Crippen molar-refractivity contribution in [2.75, 3.05) is 31.5 Å². The molecular weight excluding hydrogens is 432 g/mol. The number of hydrogen-bond acceptors (Lipinski definition) is 6. The number of carbonyl (C=O) groups excluding carboxylic acids is 1. The zero-order valence-corrected chi connectivity index (χ0v) is 18.6. The minimum absolute atomic E-state index is 0.0859. The summed E-state index contributed by atoms with van der Waals surface area (Å²) >= 11 is 0. The minimum Gasteiger partial charge on any atom is -0.497 e. The molecule has 1 saturated heterocycles. The molecule has 170 valence electrons. The van der Waals surface area contributed by atoms with Gasteiger partial charge in [0.2, 0.25) is 5.91 Å². The molecule has 32 heavy (non-hydrogen) atoms. The number of amides is 1. The molecule has 9 nitrogen and oxygen atoms in total. The van der Waals surface area contributed by atoms with Crippen molar-refractivity contribution >= 4 is 27.6 Å². The van der Waals surface area contributed by atoms with E-state index in [1.165, 1.54) is 0 Å². The van der Waals surface area contributed by atoms with Gasteiger partial charge in [-0.15, -0.1) is 4.40 Å². The maximum atomic E-state index is 12.8. The minimum atomic E-state index is -3.84. The van der Waals surface area contributed by atoms with E-state index in [1.54, 1.807) is 25.3 Å². The zero-order valence-electron chi connectivity index (χ0n) is 17.8. The van der Waals surface area contributed by atoms with Crippen LogP contribution in [0.2, 0.25) is 0 Å². The first kappa shape index (κ1) is 21.9. The second-order valence-corrected chi connectivity index (χ2v) is 9.25. The van der Waals surface area contributed by atoms with Gasteiger partial charge in [-0.1, -0.05) is 18.2 Å². The number of ether oxygens (including phenoxy) is 2. The van der Waals surface area contributed by atoms with Crippen molar-refractivity contribution in [2.24, 2.45) is 16.0 Å². The van der Waals surface area contributed by atoms with E-state index in [2.05, 4.69) is 9.12 Å². The molecule has 2 aliphatic heterocycles. The second-order valence-electron chi connectivity index (χ2n) is 7.92. The molecule has 0 radical (unpaired) electrons. The highest BCUT2D eigenvalue weighted by Gasteiger charge is 2.27. The lowest BCUT2D eigenvalue weighted by atomic mass is 9.98. The van der Waals surface area contributed by atoms with Crippen molar-refractivity contribution in [2.45, 2.75) is 19.3 Å². The standard InChI is InChI=1S/C22H26N4O5S/c1-30-17-9-7-15(8-10-17)12-20(27)26-11-3-4-16(13-26)14-31-19-6-2-5-18-21(19)22(23)25-32(28,29)24-18/h2,5-10,16,24H,3-4,11-14H2,1H3,(H2,23,25). The fraction of sp³-hybridized carbons (Fsp3) is 0.364. The summed E-state index contributed by atoms with van der Waals surface area (Å²) in [6, 6.07) is 12.6. The lowest BCUT2D eigenvalue weighted by molar-refractivity contribution is -0.132. The first-order valence-electron chi connectivity index (χ1n) is 10.4. The van der Waals surface area contributed by atoms with Crippen LogP contribution < -0.4 is 19.9 Å². The van der Waals surface area contributed by atoms with E-state index in [0.717, 1.165) is 30.7 Å². The van der Waals surface area contributed by atoms with Gasteiger partial charge in [-0.05, 0) is 42.7 Å². The summed E-state index contributed by atoms with van der Waals surface area (Å²) < 4.78 is 40.5. The Morgan fingerprint density at radius 2 is 2.03 bits per heavy atom. The number of anilines is 1. The van der Waals surface area contributed by atoms with Gasteiger partial charge >= 0.3 is 10.2 Å². The highest BCUT2D eigenvalue weighted by molar-refractivity contribution is 7.91. The molecule has 1 amide bonds. The van der Waals surface area contributed by atoms with E-state index in [4.69, 9.17) is 15.2 Å². The maximum absolute atomic E-state index is 12.8. The van der Waals surface area contributed by atoms with Gasteiger partial charge < -0.3 is 20.1 Å². The van der Waals surface area contributed by atoms with Gasteiger partial charge in [-0.25, -0.2) is 0 Å². The Morgan fingerprint density at radius 1 is 1.25 bits per heavy atom. The van der Waals surface area contributed by atoms with Crippen LogP contribution >= 0.6 is 0 Å². The Labute approximate surface area is 187 Å². The summed E-state index contributed by atoms with van der Waals surface area (Å²) in [6.07, 6.45) is 2.19. The number of amidine groups is 1. The van der Waals surface area contributed by atoms with Gasteiger partial charge in [0.15, 0.2) is 5.84 Å². The number of nitrogens with zero attached hydrogens (tertiary/aromatic N) is 2. The maximum Gasteiger partial charge on any atom is 0.344 e. The summed E-state index contributed by atoms with van der Waals surface area (Å²) in [7, 11) is -2.23. The number of nitrogens with two attached hydrogens (primary N) is 1. The van der Waals surface area contributed by atoms with Crippen molar-refractivity contribution in [3.05, 3.63) is 53.6 Å². The third kappa shape index (κ3) is 4.96. The van der Waals surface area contributed by atoms with E-state index in [1.807, 2.05) is 29.2 Å². The number of likely N-dealkylation sites (tertiary alicyclic amines) is 1. The number of nitrogens with one attached hydrogen (secondary N) is 1. The first-order chi connectivity index (χ1) is 15.3. The number of methoxy groups -OCH3 is 1. The fourth-order valence-corrected chi connectivity index (χ4v) is 4.85. The van der Waals surface area contributed by atoms with Crippen molar-refractivity contribution in [3.8, 4) is 11.5 Å². The molecule has 1 fully saturated rings. The van der Waals surface area contributed by atoms with Crippen LogP contribution in [0.5, 0.6) is 11.5 Å². The molecule has 2 aliphatic rings. The van der Waals surface area contributed by atoms with Gasteiger partial charge in [0, 0.05) is 19.0 Å². The quantitative estimate of drug-likeness (QED) is 0.682. The molecule has 1 atom stereocenters. The SMILES string of the molecule is COc1ccc(CC(=O)N2CCCC(COc3cccc4c3C(N)=NS(=O)(=O)N4)C2)cc1. The lowest BCUT2D eigenvalue weighted by Crippen LogP contribution is -2.42. The molecule has 0 aromatic heterocycles. The predicted octanol–water partition coefficient (Wildman–Crippen LogP) is 1.93. The zero-order chi connectivity index (χ0) is 22.7. The lowest BCUT2D eigenvalue weighted by Gasteiger charge is -2.33. The van der Waals surface area contributed by atoms with Gasteiger partial charge in [0.1, 0.15) is 11.5 Å². The van der Waals surface area contributed by atoms with E-state index in [-0.39, 0.29) is 17.7 Å². The molecule has 0 saturated carbocycles. The molecule has 2 heterocycles. The van der Waals surface area contributed by atoms with Crippen molar-refractivity contribution in [1.29, 1.82) is 0 Å².